The van der Waals surface area contributed by atoms with Crippen molar-refractivity contribution < 1.29 is 9.53 Å². The normalized spacial score (nSPS) is 15.0. The van der Waals surface area contributed by atoms with Crippen molar-refractivity contribution in [3.05, 3.63) is 66.2 Å². The molecule has 2 aromatic rings. The number of rotatable bonds is 2. The molecule has 0 atom stereocenters. The van der Waals surface area contributed by atoms with Crippen molar-refractivity contribution in [2.45, 2.75) is 12.8 Å². The fourth-order valence-corrected chi connectivity index (χ4v) is 2.00. The molecular formula is C17H14N2O2. The van der Waals surface area contributed by atoms with E-state index in [2.05, 4.69) is 9.98 Å². The van der Waals surface area contributed by atoms with Crippen molar-refractivity contribution in [2.24, 2.45) is 9.98 Å². The van der Waals surface area contributed by atoms with Crippen molar-refractivity contribution >= 4 is 23.4 Å². The minimum absolute atomic E-state index is 0.142. The number of para-hydroxylation sites is 1. The van der Waals surface area contributed by atoms with Crippen LogP contribution in [0.3, 0.4) is 0 Å². The Kier molecular flexibility index (Phi) is 3.87. The van der Waals surface area contributed by atoms with Gasteiger partial charge in [0.1, 0.15) is 0 Å². The summed E-state index contributed by atoms with van der Waals surface area (Å²) in [4.78, 5) is 19.6. The van der Waals surface area contributed by atoms with Gasteiger partial charge < -0.3 is 4.74 Å². The molecule has 21 heavy (non-hydrogen) atoms. The van der Waals surface area contributed by atoms with E-state index in [1.54, 1.807) is 0 Å². The second-order valence-electron chi connectivity index (χ2n) is 4.62. The zero-order valence-corrected chi connectivity index (χ0v) is 11.4. The van der Waals surface area contributed by atoms with Crippen LogP contribution in [0.2, 0.25) is 0 Å². The average molecular weight is 278 g/mol. The molecule has 1 aliphatic rings. The molecule has 2 aromatic carbocycles. The predicted molar refractivity (Wildman–Crippen MR) is 81.8 cm³/mol. The highest BCUT2D eigenvalue weighted by Crippen LogP contribution is 2.16. The lowest BCUT2D eigenvalue weighted by Crippen LogP contribution is -2.11. The number of carbonyl (C=O) groups excluding carboxylic acids is 1. The first kappa shape index (κ1) is 13.2. The number of aliphatic imine (C=N–C) groups is 2. The van der Waals surface area contributed by atoms with Crippen LogP contribution >= 0.6 is 0 Å². The molecule has 0 radical (unpaired) electrons. The van der Waals surface area contributed by atoms with E-state index < -0.39 is 0 Å². The highest BCUT2D eigenvalue weighted by atomic mass is 16.5. The van der Waals surface area contributed by atoms with E-state index >= 15 is 0 Å². The maximum atomic E-state index is 11.2. The van der Waals surface area contributed by atoms with Crippen LogP contribution in [-0.2, 0) is 9.53 Å². The smallest absolute Gasteiger partial charge is 0.249 e. The van der Waals surface area contributed by atoms with Crippen LogP contribution in [0, 0.1) is 0 Å². The van der Waals surface area contributed by atoms with Gasteiger partial charge in [-0.25, -0.2) is 4.99 Å². The molecular weight excluding hydrogens is 264 g/mol. The molecule has 0 spiro atoms. The number of ether oxygens (including phenoxy) is 1. The summed E-state index contributed by atoms with van der Waals surface area (Å²) >= 11 is 0. The third kappa shape index (κ3) is 3.42. The summed E-state index contributed by atoms with van der Waals surface area (Å²) in [6.07, 6.45) is 0.933. The minimum atomic E-state index is -0.142. The molecule has 0 aromatic heterocycles. The molecule has 0 N–H and O–H groups in total. The Balaban J connectivity index is 1.94. The Morgan fingerprint density at radius 2 is 1.62 bits per heavy atom. The lowest BCUT2D eigenvalue weighted by Gasteiger charge is -2.08. The van der Waals surface area contributed by atoms with E-state index in [1.165, 1.54) is 0 Å². The lowest BCUT2D eigenvalue weighted by molar-refractivity contribution is -0.117. The van der Waals surface area contributed by atoms with Crippen molar-refractivity contribution in [2.75, 3.05) is 0 Å². The van der Waals surface area contributed by atoms with Crippen LogP contribution in [0.4, 0.5) is 5.69 Å². The summed E-state index contributed by atoms with van der Waals surface area (Å²) in [6.45, 7) is 0. The first-order valence-electron chi connectivity index (χ1n) is 6.79. The summed E-state index contributed by atoms with van der Waals surface area (Å²) < 4.78 is 5.75. The van der Waals surface area contributed by atoms with Gasteiger partial charge in [0.15, 0.2) is 0 Å². The fourth-order valence-electron chi connectivity index (χ4n) is 2.00. The molecule has 4 heteroatoms. The summed E-state index contributed by atoms with van der Waals surface area (Å²) in [7, 11) is 0. The maximum Gasteiger partial charge on any atom is 0.249 e. The van der Waals surface area contributed by atoms with Gasteiger partial charge in [-0.05, 0) is 24.3 Å². The van der Waals surface area contributed by atoms with E-state index in [1.807, 2.05) is 60.7 Å². The van der Waals surface area contributed by atoms with Crippen LogP contribution in [-0.4, -0.2) is 17.7 Å². The van der Waals surface area contributed by atoms with Gasteiger partial charge in [0.2, 0.25) is 17.7 Å². The largest absolute Gasteiger partial charge is 0.424 e. The molecule has 1 aliphatic heterocycles. The molecule has 0 unspecified atom stereocenters. The summed E-state index contributed by atoms with van der Waals surface area (Å²) in [5.41, 5.74) is 1.64. The molecule has 0 saturated heterocycles. The molecule has 0 bridgehead atoms. The number of benzene rings is 2. The zero-order chi connectivity index (χ0) is 14.5. The van der Waals surface area contributed by atoms with Crippen LogP contribution in [0.15, 0.2) is 70.6 Å². The standard InChI is InChI=1S/C17H14N2O2/c20-15-11-12-16(19-15)21-17(13-7-3-1-4-8-13)18-14-9-5-2-6-10-14/h1-10H,11-12H2. The molecule has 0 saturated carbocycles. The predicted octanol–water partition coefficient (Wildman–Crippen LogP) is 3.50. The highest BCUT2D eigenvalue weighted by Gasteiger charge is 2.18. The van der Waals surface area contributed by atoms with Crippen molar-refractivity contribution in [3.8, 4) is 0 Å². The Labute approximate surface area is 122 Å². The molecule has 0 aliphatic carbocycles. The van der Waals surface area contributed by atoms with Crippen LogP contribution in [0.5, 0.6) is 0 Å². The Bertz CT molecular complexity index is 691. The second kappa shape index (κ2) is 6.13. The SMILES string of the molecule is O=C1CCC(OC(=Nc2ccccc2)c2ccccc2)=N1. The van der Waals surface area contributed by atoms with E-state index in [9.17, 15) is 4.79 Å². The third-order valence-electron chi connectivity index (χ3n) is 3.02. The summed E-state index contributed by atoms with van der Waals surface area (Å²) in [6, 6.07) is 19.2. The summed E-state index contributed by atoms with van der Waals surface area (Å²) in [5.74, 6) is 0.742. The zero-order valence-electron chi connectivity index (χ0n) is 11.4. The van der Waals surface area contributed by atoms with E-state index in [0.29, 0.717) is 24.6 Å². The second-order valence-corrected chi connectivity index (χ2v) is 4.62. The van der Waals surface area contributed by atoms with Crippen LogP contribution in [0.1, 0.15) is 18.4 Å². The Morgan fingerprint density at radius 1 is 0.952 bits per heavy atom. The van der Waals surface area contributed by atoms with E-state index in [-0.39, 0.29) is 5.91 Å². The number of amides is 1. The highest BCUT2D eigenvalue weighted by molar-refractivity contribution is 6.07. The number of carbonyl (C=O) groups is 1. The Hall–Kier alpha value is -2.75. The van der Waals surface area contributed by atoms with Gasteiger partial charge in [0, 0.05) is 18.4 Å². The third-order valence-corrected chi connectivity index (χ3v) is 3.02. The molecule has 1 heterocycles. The van der Waals surface area contributed by atoms with Gasteiger partial charge >= 0.3 is 0 Å². The van der Waals surface area contributed by atoms with E-state index in [0.717, 1.165) is 11.3 Å². The van der Waals surface area contributed by atoms with Crippen molar-refractivity contribution in [3.63, 3.8) is 0 Å². The molecule has 104 valence electrons. The molecule has 0 fully saturated rings. The van der Waals surface area contributed by atoms with Gasteiger partial charge in [-0.15, -0.1) is 0 Å². The van der Waals surface area contributed by atoms with Gasteiger partial charge in [0.25, 0.3) is 0 Å². The first-order valence-corrected chi connectivity index (χ1v) is 6.79. The van der Waals surface area contributed by atoms with Gasteiger partial charge in [0.05, 0.1) is 5.69 Å². The van der Waals surface area contributed by atoms with Gasteiger partial charge in [-0.1, -0.05) is 36.4 Å². The van der Waals surface area contributed by atoms with Gasteiger partial charge in [-0.2, -0.15) is 4.99 Å². The van der Waals surface area contributed by atoms with Crippen LogP contribution in [0.25, 0.3) is 0 Å². The number of nitrogens with zero attached hydrogens (tertiary/aromatic N) is 2. The van der Waals surface area contributed by atoms with E-state index in [4.69, 9.17) is 4.74 Å². The number of hydrogen-bond acceptors (Lipinski definition) is 3. The molecule has 4 nitrogen and oxygen atoms in total. The van der Waals surface area contributed by atoms with Crippen molar-refractivity contribution in [1.29, 1.82) is 0 Å². The Morgan fingerprint density at radius 3 is 2.24 bits per heavy atom. The van der Waals surface area contributed by atoms with Crippen molar-refractivity contribution in [1.82, 2.24) is 0 Å². The minimum Gasteiger partial charge on any atom is -0.424 e. The quantitative estimate of drug-likeness (QED) is 0.623. The van der Waals surface area contributed by atoms with Crippen LogP contribution < -0.4 is 0 Å². The average Bonchev–Trinajstić information content (AvgIpc) is 2.94. The summed E-state index contributed by atoms with van der Waals surface area (Å²) in [5, 5.41) is 0. The topological polar surface area (TPSA) is 51.0 Å². The fraction of sp³-hybridized carbons (Fsp3) is 0.118. The maximum absolute atomic E-state index is 11.2. The number of hydrogen-bond donors (Lipinski definition) is 0. The molecule has 1 amide bonds. The monoisotopic (exact) mass is 278 g/mol. The van der Waals surface area contributed by atoms with Gasteiger partial charge in [-0.3, -0.25) is 4.79 Å². The molecule has 3 rings (SSSR count). The lowest BCUT2D eigenvalue weighted by atomic mass is 10.2. The first-order chi connectivity index (χ1) is 10.3.